The van der Waals surface area contributed by atoms with E-state index in [1.54, 1.807) is 0 Å². The molecular weight excluding hydrogens is 408 g/mol. The van der Waals surface area contributed by atoms with E-state index < -0.39 is 32.5 Å². The van der Waals surface area contributed by atoms with E-state index in [0.717, 1.165) is 36.4 Å². The maximum atomic E-state index is 12.6. The predicted molar refractivity (Wildman–Crippen MR) is 88.8 cm³/mol. The quantitative estimate of drug-likeness (QED) is 0.397. The molecule has 28 heavy (non-hydrogen) atoms. The molecule has 0 bridgehead atoms. The molecule has 3 aromatic rings. The van der Waals surface area contributed by atoms with Gasteiger partial charge in [-0.15, -0.1) is 0 Å². The normalized spacial score (nSPS) is 12.3. The molecule has 0 fully saturated rings. The van der Waals surface area contributed by atoms with Crippen LogP contribution in [-0.2, 0) is 16.3 Å². The van der Waals surface area contributed by atoms with Crippen LogP contribution in [0.3, 0.4) is 0 Å². The fourth-order valence-corrected chi connectivity index (χ4v) is 3.17. The molecule has 6 nitrogen and oxygen atoms in total. The van der Waals surface area contributed by atoms with E-state index in [1.165, 1.54) is 18.2 Å². The van der Waals surface area contributed by atoms with Crippen LogP contribution in [0.1, 0.15) is 5.56 Å². The number of hydrogen-bond acceptors (Lipinski definition) is 5. The summed E-state index contributed by atoms with van der Waals surface area (Å²) >= 11 is 0. The third kappa shape index (κ3) is 4.70. The fourth-order valence-electron chi connectivity index (χ4n) is 2.45. The van der Waals surface area contributed by atoms with Gasteiger partial charge in [0.05, 0.1) is 16.9 Å². The Morgan fingerprint density at radius 3 is 2.14 bits per heavy atom. The van der Waals surface area contributed by atoms with Crippen molar-refractivity contribution in [2.45, 2.75) is 11.1 Å². The number of fused-ring (bicyclic) bond motifs is 1. The van der Waals surface area contributed by atoms with Crippen molar-refractivity contribution in [3.63, 3.8) is 0 Å². The molecule has 0 amide bonds. The summed E-state index contributed by atoms with van der Waals surface area (Å²) in [5, 5.41) is 19.8. The summed E-state index contributed by atoms with van der Waals surface area (Å²) in [6.07, 6.45) is -4.50. The monoisotopic (exact) mass is 418 g/mol. The summed E-state index contributed by atoms with van der Waals surface area (Å²) in [5.41, 5.74) is -1.19. The van der Waals surface area contributed by atoms with Gasteiger partial charge >= 0.3 is 35.7 Å². The van der Waals surface area contributed by atoms with Crippen LogP contribution in [0.15, 0.2) is 69.7 Å². The molecule has 3 aromatic carbocycles. The van der Waals surface area contributed by atoms with Crippen LogP contribution in [0.2, 0.25) is 0 Å². The molecule has 140 valence electrons. The van der Waals surface area contributed by atoms with Crippen LogP contribution in [0.4, 0.5) is 24.5 Å². The Labute approximate surface area is 179 Å². The summed E-state index contributed by atoms with van der Waals surface area (Å²) < 4.78 is 70.3. The zero-order chi connectivity index (χ0) is 19.8. The van der Waals surface area contributed by atoms with Gasteiger partial charge in [0.2, 0.25) is 0 Å². The molecule has 1 N–H and O–H groups in total. The Bertz CT molecular complexity index is 1150. The van der Waals surface area contributed by atoms with Crippen molar-refractivity contribution in [2.24, 2.45) is 10.2 Å². The molecule has 0 spiro atoms. The van der Waals surface area contributed by atoms with E-state index in [0.29, 0.717) is 5.39 Å². The summed E-state index contributed by atoms with van der Waals surface area (Å²) in [7, 11) is -4.64. The summed E-state index contributed by atoms with van der Waals surface area (Å²) in [5.74, 6) is -0.658. The van der Waals surface area contributed by atoms with Crippen molar-refractivity contribution in [3.05, 3.63) is 60.2 Å². The van der Waals surface area contributed by atoms with Crippen LogP contribution in [0, 0.1) is 0 Å². The molecule has 0 saturated carbocycles. The van der Waals surface area contributed by atoms with Crippen molar-refractivity contribution in [3.8, 4) is 5.75 Å². The van der Waals surface area contributed by atoms with E-state index in [2.05, 4.69) is 10.2 Å². The first kappa shape index (κ1) is 22.3. The van der Waals surface area contributed by atoms with Crippen molar-refractivity contribution < 1.29 is 60.8 Å². The average Bonchev–Trinajstić information content (AvgIpc) is 2.59. The van der Waals surface area contributed by atoms with Crippen LogP contribution in [0.5, 0.6) is 5.75 Å². The first-order valence-corrected chi connectivity index (χ1v) is 8.80. The second-order valence-corrected chi connectivity index (χ2v) is 6.88. The van der Waals surface area contributed by atoms with Crippen molar-refractivity contribution in [1.29, 1.82) is 0 Å². The molecule has 0 aromatic heterocycles. The van der Waals surface area contributed by atoms with E-state index in [9.17, 15) is 31.2 Å². The van der Waals surface area contributed by atoms with Crippen molar-refractivity contribution >= 4 is 32.3 Å². The molecule has 3 rings (SSSR count). The first-order valence-electron chi connectivity index (χ1n) is 7.36. The Hall–Kier alpha value is -1.98. The second-order valence-electron chi connectivity index (χ2n) is 5.49. The fraction of sp³-hybridized carbons (Fsp3) is 0.0588. The minimum atomic E-state index is -4.64. The summed E-state index contributed by atoms with van der Waals surface area (Å²) in [4.78, 5) is -0.515. The third-order valence-corrected chi connectivity index (χ3v) is 4.58. The molecule has 0 aliphatic heterocycles. The zero-order valence-corrected chi connectivity index (χ0v) is 17.1. The number of alkyl halides is 3. The van der Waals surface area contributed by atoms with Gasteiger partial charge in [-0.05, 0) is 35.7 Å². The van der Waals surface area contributed by atoms with Gasteiger partial charge in [0.15, 0.2) is 0 Å². The zero-order valence-electron chi connectivity index (χ0n) is 14.3. The van der Waals surface area contributed by atoms with E-state index in [-0.39, 0.29) is 46.3 Å². The minimum absolute atomic E-state index is 0. The average molecular weight is 418 g/mol. The number of azo groups is 1. The Morgan fingerprint density at radius 2 is 1.57 bits per heavy atom. The number of hydrogen-bond donors (Lipinski definition) is 1. The minimum Gasteiger partial charge on any atom is -0.871 e. The Morgan fingerprint density at radius 1 is 0.929 bits per heavy atom. The molecule has 0 saturated heterocycles. The van der Waals surface area contributed by atoms with Gasteiger partial charge in [-0.3, -0.25) is 4.55 Å². The largest absolute Gasteiger partial charge is 1.00 e. The molecule has 0 aliphatic rings. The molecule has 0 heterocycles. The predicted octanol–water partition coefficient (Wildman–Crippen LogP) is 1.60. The molecule has 0 unspecified atom stereocenters. The SMILES string of the molecule is O=S(=O)(O)c1cccc2ccc([O-])c(N=Nc3ccc(C(F)(F)F)cc3)c12.[Na+]. The van der Waals surface area contributed by atoms with E-state index in [1.807, 2.05) is 0 Å². The smallest absolute Gasteiger partial charge is 0.871 e. The number of rotatable bonds is 3. The molecular formula is C17H10F3N2NaO4S. The maximum absolute atomic E-state index is 12.6. The first-order chi connectivity index (χ1) is 12.6. The van der Waals surface area contributed by atoms with Gasteiger partial charge in [0, 0.05) is 5.39 Å². The van der Waals surface area contributed by atoms with E-state index in [4.69, 9.17) is 0 Å². The van der Waals surface area contributed by atoms with Crippen molar-refractivity contribution in [1.82, 2.24) is 0 Å². The summed E-state index contributed by atoms with van der Waals surface area (Å²) in [6, 6.07) is 10.2. The Balaban J connectivity index is 0.00000280. The standard InChI is InChI=1S/C17H11F3N2O4S.Na/c18-17(19,20)11-5-7-12(8-6-11)21-22-16-13(23)9-4-10-2-1-3-14(15(10)16)27(24,25)26;/h1-9,23H,(H,24,25,26);/q;+1/p-1. The second kappa shape index (κ2) is 8.18. The van der Waals surface area contributed by atoms with Crippen molar-refractivity contribution in [2.75, 3.05) is 0 Å². The topological polar surface area (TPSA) is 102 Å². The van der Waals surface area contributed by atoms with E-state index >= 15 is 0 Å². The van der Waals surface area contributed by atoms with Gasteiger partial charge in [-0.25, -0.2) is 0 Å². The van der Waals surface area contributed by atoms with Crippen LogP contribution in [0.25, 0.3) is 10.8 Å². The molecule has 0 atom stereocenters. The molecule has 0 aliphatic carbocycles. The van der Waals surface area contributed by atoms with Gasteiger partial charge in [0.1, 0.15) is 4.90 Å². The third-order valence-electron chi connectivity index (χ3n) is 3.68. The van der Waals surface area contributed by atoms with Crippen LogP contribution < -0.4 is 34.7 Å². The Kier molecular flexibility index (Phi) is 6.51. The number of halogens is 3. The van der Waals surface area contributed by atoms with Gasteiger partial charge in [0.25, 0.3) is 10.1 Å². The summed E-state index contributed by atoms with van der Waals surface area (Å²) in [6.45, 7) is 0. The van der Waals surface area contributed by atoms with Gasteiger partial charge in [-0.2, -0.15) is 31.8 Å². The molecule has 0 radical (unpaired) electrons. The maximum Gasteiger partial charge on any atom is 1.00 e. The van der Waals surface area contributed by atoms with Crippen LogP contribution in [-0.4, -0.2) is 13.0 Å². The molecule has 11 heteroatoms. The number of benzene rings is 3. The van der Waals surface area contributed by atoms with Gasteiger partial charge < -0.3 is 5.11 Å². The van der Waals surface area contributed by atoms with Crippen LogP contribution >= 0.6 is 0 Å². The van der Waals surface area contributed by atoms with Gasteiger partial charge in [-0.1, -0.05) is 30.0 Å². The number of nitrogens with zero attached hydrogens (tertiary/aromatic N) is 2.